The molecule has 0 saturated carbocycles. The summed E-state index contributed by atoms with van der Waals surface area (Å²) in [5, 5.41) is 2.82. The average Bonchev–Trinajstić information content (AvgIpc) is 2.38. The Morgan fingerprint density at radius 1 is 1.40 bits per heavy atom. The Morgan fingerprint density at radius 3 is 2.60 bits per heavy atom. The van der Waals surface area contributed by atoms with Crippen LogP contribution < -0.4 is 10.9 Å². The Kier molecular flexibility index (Phi) is 4.24. The van der Waals surface area contributed by atoms with Crippen molar-refractivity contribution in [2.75, 3.05) is 19.3 Å². The Bertz CT molecular complexity index is 645. The first-order chi connectivity index (χ1) is 9.36. The van der Waals surface area contributed by atoms with E-state index in [1.807, 2.05) is 0 Å². The molecule has 1 aliphatic heterocycles. The molecule has 1 saturated heterocycles. The van der Waals surface area contributed by atoms with Crippen LogP contribution in [0.4, 0.5) is 0 Å². The average molecular weight is 299 g/mol. The summed E-state index contributed by atoms with van der Waals surface area (Å²) in [5.74, 6) is -0.311. The summed E-state index contributed by atoms with van der Waals surface area (Å²) in [7, 11) is -3.16. The number of hydrogen-bond acceptors (Lipinski definition) is 4. The third-order valence-electron chi connectivity index (χ3n) is 3.30. The molecule has 2 heterocycles. The van der Waals surface area contributed by atoms with Gasteiger partial charge in [0.25, 0.3) is 5.91 Å². The summed E-state index contributed by atoms with van der Waals surface area (Å²) in [6.07, 6.45) is 3.75. The molecule has 7 nitrogen and oxygen atoms in total. The molecule has 0 unspecified atom stereocenters. The van der Waals surface area contributed by atoms with Gasteiger partial charge in [-0.2, -0.15) is 0 Å². The van der Waals surface area contributed by atoms with Gasteiger partial charge in [0.2, 0.25) is 15.6 Å². The van der Waals surface area contributed by atoms with Crippen LogP contribution in [0.3, 0.4) is 0 Å². The number of amides is 1. The van der Waals surface area contributed by atoms with Crippen LogP contribution in [0.5, 0.6) is 0 Å². The van der Waals surface area contributed by atoms with Crippen LogP contribution in [0.25, 0.3) is 0 Å². The molecular formula is C12H17N3O4S. The van der Waals surface area contributed by atoms with Crippen LogP contribution in [-0.4, -0.2) is 49.0 Å². The number of carbonyl (C=O) groups excluding carboxylic acids is 1. The van der Waals surface area contributed by atoms with Gasteiger partial charge in [0.1, 0.15) is 0 Å². The van der Waals surface area contributed by atoms with Crippen LogP contribution in [0.2, 0.25) is 0 Å². The Balaban J connectivity index is 1.93. The highest BCUT2D eigenvalue weighted by Crippen LogP contribution is 2.13. The summed E-state index contributed by atoms with van der Waals surface area (Å²) in [4.78, 5) is 25.5. The van der Waals surface area contributed by atoms with E-state index >= 15 is 0 Å². The largest absolute Gasteiger partial charge is 0.349 e. The van der Waals surface area contributed by atoms with Crippen molar-refractivity contribution in [1.82, 2.24) is 14.6 Å². The molecule has 8 heteroatoms. The number of rotatable bonds is 3. The number of aromatic amines is 1. The van der Waals surface area contributed by atoms with Gasteiger partial charge < -0.3 is 10.3 Å². The second kappa shape index (κ2) is 5.76. The molecule has 1 amide bonds. The monoisotopic (exact) mass is 299 g/mol. The van der Waals surface area contributed by atoms with Crippen molar-refractivity contribution in [2.45, 2.75) is 18.9 Å². The first-order valence-corrected chi connectivity index (χ1v) is 8.16. The number of hydrogen-bond donors (Lipinski definition) is 2. The minimum Gasteiger partial charge on any atom is -0.349 e. The number of nitrogens with zero attached hydrogens (tertiary/aromatic N) is 1. The third kappa shape index (κ3) is 3.67. The van der Waals surface area contributed by atoms with Crippen molar-refractivity contribution < 1.29 is 13.2 Å². The second-order valence-corrected chi connectivity index (χ2v) is 6.83. The normalized spacial score (nSPS) is 17.9. The van der Waals surface area contributed by atoms with E-state index < -0.39 is 10.0 Å². The summed E-state index contributed by atoms with van der Waals surface area (Å²) in [6, 6.07) is 2.70. The van der Waals surface area contributed by atoms with E-state index in [4.69, 9.17) is 0 Å². The maximum atomic E-state index is 11.9. The number of aromatic nitrogens is 1. The Hall–Kier alpha value is -1.67. The number of nitrogens with one attached hydrogen (secondary N) is 2. The quantitative estimate of drug-likeness (QED) is 0.788. The molecule has 0 radical (unpaired) electrons. The van der Waals surface area contributed by atoms with Crippen molar-refractivity contribution in [3.05, 3.63) is 34.2 Å². The van der Waals surface area contributed by atoms with Gasteiger partial charge in [-0.15, -0.1) is 0 Å². The SMILES string of the molecule is CS(=O)(=O)N1CCC(NC(=O)c2cc[nH]c(=O)c2)CC1. The third-order valence-corrected chi connectivity index (χ3v) is 4.60. The summed E-state index contributed by atoms with van der Waals surface area (Å²) in [5.41, 5.74) is -0.0242. The first-order valence-electron chi connectivity index (χ1n) is 6.31. The van der Waals surface area contributed by atoms with Gasteiger partial charge in [-0.3, -0.25) is 9.59 Å². The highest BCUT2D eigenvalue weighted by Gasteiger charge is 2.25. The predicted octanol–water partition coefficient (Wildman–Crippen LogP) is -0.471. The second-order valence-electron chi connectivity index (χ2n) is 4.85. The van der Waals surface area contributed by atoms with E-state index in [1.165, 1.54) is 28.9 Å². The van der Waals surface area contributed by atoms with Crippen molar-refractivity contribution in [3.8, 4) is 0 Å². The molecule has 1 aromatic heterocycles. The fourth-order valence-electron chi connectivity index (χ4n) is 2.19. The highest BCUT2D eigenvalue weighted by molar-refractivity contribution is 7.88. The van der Waals surface area contributed by atoms with Gasteiger partial charge in [0.15, 0.2) is 0 Å². The van der Waals surface area contributed by atoms with Gasteiger partial charge in [-0.1, -0.05) is 0 Å². The Labute approximate surface area is 117 Å². The minimum absolute atomic E-state index is 0.0696. The zero-order valence-electron chi connectivity index (χ0n) is 11.1. The molecular weight excluding hydrogens is 282 g/mol. The Morgan fingerprint density at radius 2 is 2.05 bits per heavy atom. The number of sulfonamides is 1. The van der Waals surface area contributed by atoms with Crippen molar-refractivity contribution in [2.24, 2.45) is 0 Å². The molecule has 0 atom stereocenters. The molecule has 1 aliphatic rings. The lowest BCUT2D eigenvalue weighted by Gasteiger charge is -2.30. The lowest BCUT2D eigenvalue weighted by molar-refractivity contribution is 0.0923. The first kappa shape index (κ1) is 14.7. The minimum atomic E-state index is -3.16. The lowest BCUT2D eigenvalue weighted by Crippen LogP contribution is -2.46. The van der Waals surface area contributed by atoms with Crippen LogP contribution in [0.15, 0.2) is 23.1 Å². The molecule has 110 valence electrons. The maximum absolute atomic E-state index is 11.9. The van der Waals surface area contributed by atoms with E-state index in [2.05, 4.69) is 10.3 Å². The van der Waals surface area contributed by atoms with Gasteiger partial charge in [-0.25, -0.2) is 12.7 Å². The van der Waals surface area contributed by atoms with E-state index in [-0.39, 0.29) is 17.5 Å². The summed E-state index contributed by atoms with van der Waals surface area (Å²) in [6.45, 7) is 0.804. The fraction of sp³-hybridized carbons (Fsp3) is 0.500. The molecule has 1 fully saturated rings. The number of pyridine rings is 1. The standard InChI is InChI=1S/C12H17N3O4S/c1-20(18,19)15-6-3-10(4-7-15)14-12(17)9-2-5-13-11(16)8-9/h2,5,8,10H,3-4,6-7H2,1H3,(H,13,16)(H,14,17). The van der Waals surface area contributed by atoms with Crippen molar-refractivity contribution >= 4 is 15.9 Å². The topological polar surface area (TPSA) is 99.3 Å². The van der Waals surface area contributed by atoms with E-state index in [0.717, 1.165) is 0 Å². The molecule has 20 heavy (non-hydrogen) atoms. The van der Waals surface area contributed by atoms with Crippen LogP contribution in [0.1, 0.15) is 23.2 Å². The zero-order valence-corrected chi connectivity index (χ0v) is 11.9. The predicted molar refractivity (Wildman–Crippen MR) is 74.0 cm³/mol. The number of piperidine rings is 1. The smallest absolute Gasteiger partial charge is 0.251 e. The summed E-state index contributed by atoms with van der Waals surface area (Å²) >= 11 is 0. The van der Waals surface area contributed by atoms with Crippen LogP contribution in [-0.2, 0) is 10.0 Å². The molecule has 0 aromatic carbocycles. The lowest BCUT2D eigenvalue weighted by atomic mass is 10.1. The van der Waals surface area contributed by atoms with Crippen LogP contribution in [0, 0.1) is 0 Å². The molecule has 1 aromatic rings. The zero-order chi connectivity index (χ0) is 14.8. The molecule has 0 bridgehead atoms. The van der Waals surface area contributed by atoms with Gasteiger partial charge in [-0.05, 0) is 18.9 Å². The van der Waals surface area contributed by atoms with Gasteiger partial charge in [0.05, 0.1) is 6.26 Å². The van der Waals surface area contributed by atoms with E-state index in [0.29, 0.717) is 31.5 Å². The molecule has 2 N–H and O–H groups in total. The fourth-order valence-corrected chi connectivity index (χ4v) is 3.06. The van der Waals surface area contributed by atoms with E-state index in [1.54, 1.807) is 0 Å². The number of carbonyl (C=O) groups is 1. The summed E-state index contributed by atoms with van der Waals surface area (Å²) < 4.78 is 24.2. The number of H-pyrrole nitrogens is 1. The van der Waals surface area contributed by atoms with Crippen molar-refractivity contribution in [3.63, 3.8) is 0 Å². The molecule has 0 spiro atoms. The highest BCUT2D eigenvalue weighted by atomic mass is 32.2. The van der Waals surface area contributed by atoms with Crippen molar-refractivity contribution in [1.29, 1.82) is 0 Å². The maximum Gasteiger partial charge on any atom is 0.251 e. The van der Waals surface area contributed by atoms with E-state index in [9.17, 15) is 18.0 Å². The van der Waals surface area contributed by atoms with Gasteiger partial charge >= 0.3 is 0 Å². The molecule has 0 aliphatic carbocycles. The molecule has 2 rings (SSSR count). The van der Waals surface area contributed by atoms with Gasteiger partial charge in [0, 0.05) is 37.0 Å². The van der Waals surface area contributed by atoms with Crippen LogP contribution >= 0.6 is 0 Å².